The fourth-order valence-electron chi connectivity index (χ4n) is 4.60. The van der Waals surface area contributed by atoms with Crippen LogP contribution in [0.5, 0.6) is 0 Å². The number of benzene rings is 2. The summed E-state index contributed by atoms with van der Waals surface area (Å²) in [4.78, 5) is 41.4. The Kier molecular flexibility index (Phi) is 7.98. The van der Waals surface area contributed by atoms with Crippen LogP contribution in [-0.4, -0.2) is 30.3 Å². The minimum absolute atomic E-state index is 0.103. The Bertz CT molecular complexity index is 1140. The molecule has 0 saturated heterocycles. The van der Waals surface area contributed by atoms with E-state index in [1.807, 2.05) is 61.5 Å². The van der Waals surface area contributed by atoms with Crippen molar-refractivity contribution in [1.82, 2.24) is 10.6 Å². The van der Waals surface area contributed by atoms with Crippen molar-refractivity contribution in [1.29, 1.82) is 0 Å². The number of anilines is 1. The summed E-state index contributed by atoms with van der Waals surface area (Å²) in [6.07, 6.45) is 6.13. The topological polar surface area (TPSA) is 91.7 Å². The summed E-state index contributed by atoms with van der Waals surface area (Å²) in [5.41, 5.74) is 2.30. The van der Waals surface area contributed by atoms with Gasteiger partial charge in [-0.05, 0) is 48.6 Å². The summed E-state index contributed by atoms with van der Waals surface area (Å²) in [5, 5.41) is 5.81. The van der Waals surface area contributed by atoms with Gasteiger partial charge in [-0.3, -0.25) is 19.3 Å². The minimum atomic E-state index is -0.877. The smallest absolute Gasteiger partial charge is 0.287 e. The van der Waals surface area contributed by atoms with Crippen LogP contribution in [0.25, 0.3) is 0 Å². The van der Waals surface area contributed by atoms with E-state index in [2.05, 4.69) is 10.6 Å². The van der Waals surface area contributed by atoms with Gasteiger partial charge in [-0.2, -0.15) is 0 Å². The second kappa shape index (κ2) is 11.5. The molecule has 0 spiro atoms. The molecule has 1 aromatic heterocycles. The van der Waals surface area contributed by atoms with Crippen molar-refractivity contribution >= 4 is 23.4 Å². The van der Waals surface area contributed by atoms with E-state index in [0.29, 0.717) is 17.7 Å². The molecule has 35 heavy (non-hydrogen) atoms. The van der Waals surface area contributed by atoms with Crippen LogP contribution >= 0.6 is 0 Å². The summed E-state index contributed by atoms with van der Waals surface area (Å²) < 4.78 is 5.14. The molecule has 7 heteroatoms. The van der Waals surface area contributed by atoms with Crippen LogP contribution in [0.3, 0.4) is 0 Å². The number of aryl methyl sites for hydroxylation is 1. The quantitative estimate of drug-likeness (QED) is 0.482. The third kappa shape index (κ3) is 5.80. The fourth-order valence-corrected chi connectivity index (χ4v) is 4.60. The third-order valence-electron chi connectivity index (χ3n) is 6.37. The first kappa shape index (κ1) is 24.3. The van der Waals surface area contributed by atoms with Gasteiger partial charge in [0.1, 0.15) is 6.04 Å². The Hall–Kier alpha value is -3.87. The van der Waals surface area contributed by atoms with Crippen molar-refractivity contribution in [3.8, 4) is 0 Å². The molecular weight excluding hydrogens is 442 g/mol. The van der Waals surface area contributed by atoms with Crippen LogP contribution in [0.15, 0.2) is 77.4 Å². The van der Waals surface area contributed by atoms with Crippen molar-refractivity contribution in [2.24, 2.45) is 0 Å². The number of furan rings is 1. The van der Waals surface area contributed by atoms with E-state index in [1.165, 1.54) is 17.2 Å². The van der Waals surface area contributed by atoms with Gasteiger partial charge in [0.2, 0.25) is 11.8 Å². The van der Waals surface area contributed by atoms with Gasteiger partial charge in [-0.1, -0.05) is 68.3 Å². The molecule has 1 saturated carbocycles. The maximum absolute atomic E-state index is 13.7. The highest BCUT2D eigenvalue weighted by Crippen LogP contribution is 2.32. The molecule has 3 aromatic rings. The number of carbonyl (C=O) groups excluding carboxylic acids is 3. The van der Waals surface area contributed by atoms with Crippen LogP contribution in [0, 0.1) is 0 Å². The lowest BCUT2D eigenvalue weighted by Gasteiger charge is -2.33. The van der Waals surface area contributed by atoms with Gasteiger partial charge >= 0.3 is 0 Å². The first-order valence-electron chi connectivity index (χ1n) is 12.2. The number of rotatable bonds is 9. The van der Waals surface area contributed by atoms with Crippen LogP contribution < -0.4 is 15.5 Å². The summed E-state index contributed by atoms with van der Waals surface area (Å²) in [7, 11) is 0. The lowest BCUT2D eigenvalue weighted by Crippen LogP contribution is -2.49. The van der Waals surface area contributed by atoms with E-state index >= 15 is 0 Å². The van der Waals surface area contributed by atoms with Crippen molar-refractivity contribution < 1.29 is 18.8 Å². The highest BCUT2D eigenvalue weighted by molar-refractivity contribution is 6.04. The Labute approximate surface area is 205 Å². The first-order valence-corrected chi connectivity index (χ1v) is 12.2. The molecule has 1 fully saturated rings. The van der Waals surface area contributed by atoms with Gasteiger partial charge in [0, 0.05) is 11.7 Å². The lowest BCUT2D eigenvalue weighted by molar-refractivity contribution is -0.126. The highest BCUT2D eigenvalue weighted by Gasteiger charge is 2.35. The SMILES string of the molecule is CCc1ccccc1N(C(=O)CNC(=O)c1ccco1)C(C(=O)NC1CCCC1)c1ccccc1. The van der Waals surface area contributed by atoms with Gasteiger partial charge in [0.15, 0.2) is 5.76 Å². The van der Waals surface area contributed by atoms with E-state index in [0.717, 1.165) is 31.2 Å². The van der Waals surface area contributed by atoms with E-state index in [-0.39, 0.29) is 30.2 Å². The van der Waals surface area contributed by atoms with E-state index in [9.17, 15) is 14.4 Å². The van der Waals surface area contributed by atoms with Crippen LogP contribution in [-0.2, 0) is 16.0 Å². The van der Waals surface area contributed by atoms with Crippen LogP contribution in [0.2, 0.25) is 0 Å². The summed E-state index contributed by atoms with van der Waals surface area (Å²) in [6.45, 7) is 1.73. The second-order valence-electron chi connectivity index (χ2n) is 8.71. The number of carbonyl (C=O) groups is 3. The molecule has 0 bridgehead atoms. The van der Waals surface area contributed by atoms with E-state index in [1.54, 1.807) is 6.07 Å². The monoisotopic (exact) mass is 473 g/mol. The second-order valence-corrected chi connectivity index (χ2v) is 8.71. The molecular formula is C28H31N3O4. The molecule has 1 unspecified atom stereocenters. The molecule has 1 aliphatic rings. The molecule has 2 N–H and O–H groups in total. The molecule has 2 aromatic carbocycles. The average Bonchev–Trinajstić information content (AvgIpc) is 3.61. The standard InChI is InChI=1S/C28H31N3O4/c1-2-20-11-6-9-16-23(20)31(25(32)19-29-27(33)24-17-10-18-35-24)26(21-12-4-3-5-13-21)28(34)30-22-14-7-8-15-22/h3-6,9-13,16-18,22,26H,2,7-8,14-15,19H2,1H3,(H,29,33)(H,30,34). The summed E-state index contributed by atoms with van der Waals surface area (Å²) >= 11 is 0. The number of hydrogen-bond acceptors (Lipinski definition) is 4. The highest BCUT2D eigenvalue weighted by atomic mass is 16.3. The lowest BCUT2D eigenvalue weighted by atomic mass is 10.0. The van der Waals surface area contributed by atoms with E-state index in [4.69, 9.17) is 4.42 Å². The molecule has 7 nitrogen and oxygen atoms in total. The van der Waals surface area contributed by atoms with Gasteiger partial charge < -0.3 is 15.1 Å². The third-order valence-corrected chi connectivity index (χ3v) is 6.37. The normalized spacial score (nSPS) is 14.3. The zero-order valence-corrected chi connectivity index (χ0v) is 19.9. The summed E-state index contributed by atoms with van der Waals surface area (Å²) in [6, 6.07) is 19.3. The van der Waals surface area contributed by atoms with Gasteiger partial charge in [0.05, 0.1) is 12.8 Å². The Morgan fingerprint density at radius 1 is 0.971 bits per heavy atom. The molecule has 0 radical (unpaired) electrons. The number of nitrogens with one attached hydrogen (secondary N) is 2. The molecule has 1 aliphatic carbocycles. The zero-order chi connectivity index (χ0) is 24.6. The maximum atomic E-state index is 13.7. The average molecular weight is 474 g/mol. The molecule has 182 valence electrons. The Balaban J connectivity index is 1.70. The number of amides is 3. The zero-order valence-electron chi connectivity index (χ0n) is 19.9. The molecule has 1 heterocycles. The van der Waals surface area contributed by atoms with E-state index < -0.39 is 11.9 Å². The first-order chi connectivity index (χ1) is 17.1. The van der Waals surface area contributed by atoms with Crippen molar-refractivity contribution in [3.63, 3.8) is 0 Å². The molecule has 1 atom stereocenters. The number of nitrogens with zero attached hydrogens (tertiary/aromatic N) is 1. The van der Waals surface area contributed by atoms with Crippen molar-refractivity contribution in [2.75, 3.05) is 11.4 Å². The predicted octanol–water partition coefficient (Wildman–Crippen LogP) is 4.41. The summed E-state index contributed by atoms with van der Waals surface area (Å²) in [5.74, 6) is -0.975. The maximum Gasteiger partial charge on any atom is 0.287 e. The van der Waals surface area contributed by atoms with Gasteiger partial charge in [-0.15, -0.1) is 0 Å². The Morgan fingerprint density at radius 2 is 1.69 bits per heavy atom. The molecule has 0 aliphatic heterocycles. The van der Waals surface area contributed by atoms with Crippen LogP contribution in [0.1, 0.15) is 60.3 Å². The minimum Gasteiger partial charge on any atom is -0.459 e. The van der Waals surface area contributed by atoms with Crippen molar-refractivity contribution in [3.05, 3.63) is 89.9 Å². The Morgan fingerprint density at radius 3 is 2.37 bits per heavy atom. The molecule has 3 amide bonds. The van der Waals surface area contributed by atoms with Crippen LogP contribution in [0.4, 0.5) is 5.69 Å². The number of hydrogen-bond donors (Lipinski definition) is 2. The van der Waals surface area contributed by atoms with Gasteiger partial charge in [0.25, 0.3) is 5.91 Å². The number of para-hydroxylation sites is 1. The molecule has 4 rings (SSSR count). The fraction of sp³-hybridized carbons (Fsp3) is 0.321. The van der Waals surface area contributed by atoms with Gasteiger partial charge in [-0.25, -0.2) is 0 Å². The predicted molar refractivity (Wildman–Crippen MR) is 134 cm³/mol. The van der Waals surface area contributed by atoms with Crippen molar-refractivity contribution in [2.45, 2.75) is 51.1 Å². The largest absolute Gasteiger partial charge is 0.459 e.